The van der Waals surface area contributed by atoms with Gasteiger partial charge in [0, 0.05) is 5.41 Å². The van der Waals surface area contributed by atoms with Gasteiger partial charge < -0.3 is 4.55 Å². The molecule has 9 heteroatoms. The van der Waals surface area contributed by atoms with E-state index in [-0.39, 0.29) is 29.6 Å². The van der Waals surface area contributed by atoms with Crippen molar-refractivity contribution in [2.45, 2.75) is 58.8 Å². The average molecular weight is 364 g/mol. The molecule has 0 aromatic heterocycles. The van der Waals surface area contributed by atoms with Crippen LogP contribution in [0.4, 0.5) is 0 Å². The molecule has 0 saturated heterocycles. The van der Waals surface area contributed by atoms with E-state index in [4.69, 9.17) is 4.55 Å². The van der Waals surface area contributed by atoms with Crippen LogP contribution < -0.4 is 29.6 Å². The van der Waals surface area contributed by atoms with Crippen LogP contribution in [-0.4, -0.2) is 25.9 Å². The van der Waals surface area contributed by atoms with Gasteiger partial charge in [0.1, 0.15) is 10.1 Å². The van der Waals surface area contributed by atoms with Gasteiger partial charge in [0.15, 0.2) is 0 Å². The Balaban J connectivity index is -0.000000315. The van der Waals surface area contributed by atoms with Gasteiger partial charge in [0.25, 0.3) is 10.1 Å². The van der Waals surface area contributed by atoms with Crippen molar-refractivity contribution >= 4 is 20.2 Å². The molecule has 6 nitrogen and oxygen atoms in total. The maximum Gasteiger partial charge on any atom is 1.00 e. The molecule has 1 N–H and O–H groups in total. The summed E-state index contributed by atoms with van der Waals surface area (Å²) in [6.45, 7) is 4.08. The monoisotopic (exact) mass is 364 g/mol. The zero-order chi connectivity index (χ0) is 16.8. The normalized spacial score (nSPS) is 12.0. The Morgan fingerprint density at radius 2 is 1.32 bits per heavy atom. The second-order valence-electron chi connectivity index (χ2n) is 4.39. The van der Waals surface area contributed by atoms with Crippen LogP contribution in [0.2, 0.25) is 0 Å². The molecule has 0 radical (unpaired) electrons. The second-order valence-corrected chi connectivity index (χ2v) is 6.95. The van der Waals surface area contributed by atoms with Crippen LogP contribution in [0.1, 0.15) is 58.8 Å². The van der Waals surface area contributed by atoms with Gasteiger partial charge in [-0.05, 0) is 19.3 Å². The topological polar surface area (TPSA) is 112 Å². The molecule has 0 aliphatic rings. The first kappa shape index (κ1) is 27.2. The summed E-state index contributed by atoms with van der Waals surface area (Å²) in [7, 11) is -8.03. The van der Waals surface area contributed by atoms with Crippen LogP contribution >= 0.6 is 0 Å². The minimum absolute atomic E-state index is 0. The van der Waals surface area contributed by atoms with Crippen molar-refractivity contribution < 1.29 is 55.5 Å². The minimum atomic E-state index is -4.14. The fraction of sp³-hybridized carbons (Fsp3) is 0.692. The van der Waals surface area contributed by atoms with E-state index in [0.717, 1.165) is 37.5 Å². The predicted octanol–water partition coefficient (Wildman–Crippen LogP) is 0.208. The van der Waals surface area contributed by atoms with Crippen molar-refractivity contribution in [1.82, 2.24) is 0 Å². The van der Waals surface area contributed by atoms with Gasteiger partial charge in [-0.1, -0.05) is 51.7 Å². The van der Waals surface area contributed by atoms with E-state index in [9.17, 15) is 21.4 Å². The first-order valence-corrected chi connectivity index (χ1v) is 9.86. The van der Waals surface area contributed by atoms with Crippen LogP contribution in [0.15, 0.2) is 23.0 Å². The summed E-state index contributed by atoms with van der Waals surface area (Å²) < 4.78 is 58.4. The standard InChI is InChI=1S/C7H14O3S.C6H12O3S.Na/c1-2-3-4-5-6-7-11(8,9)10;1-2-3-4-5-6-10(7,8)9;/h6-7H,2-5H2,1H3,(H,8,9,10);5-6H,2-4H2,1H3,(H,7,8,9);/q;;+1/p-1. The smallest absolute Gasteiger partial charge is 0.744 e. The van der Waals surface area contributed by atoms with Crippen molar-refractivity contribution in [2.24, 2.45) is 0 Å². The number of unbranched alkanes of at least 4 members (excludes halogenated alkanes) is 5. The second kappa shape index (κ2) is 16.2. The van der Waals surface area contributed by atoms with Crippen LogP contribution in [-0.2, 0) is 20.2 Å². The summed E-state index contributed by atoms with van der Waals surface area (Å²) in [4.78, 5) is 0. The molecule has 0 heterocycles. The Kier molecular flexibility index (Phi) is 20.0. The molecule has 126 valence electrons. The summed E-state index contributed by atoms with van der Waals surface area (Å²) in [6.07, 6.45) is 9.36. The number of hydrogen-bond donors (Lipinski definition) is 1. The largest absolute Gasteiger partial charge is 1.00 e. The zero-order valence-corrected chi connectivity index (χ0v) is 17.2. The van der Waals surface area contributed by atoms with E-state index in [1.165, 1.54) is 12.2 Å². The van der Waals surface area contributed by atoms with Crippen molar-refractivity contribution in [1.29, 1.82) is 0 Å². The summed E-state index contributed by atoms with van der Waals surface area (Å²) in [5.41, 5.74) is 0. The van der Waals surface area contributed by atoms with Crippen LogP contribution in [0.3, 0.4) is 0 Å². The summed E-state index contributed by atoms with van der Waals surface area (Å²) in [5, 5.41) is 1.55. The van der Waals surface area contributed by atoms with Crippen LogP contribution in [0, 0.1) is 0 Å². The Labute approximate surface area is 156 Å². The molecular weight excluding hydrogens is 339 g/mol. The third kappa shape index (κ3) is 32.3. The number of hydrogen-bond acceptors (Lipinski definition) is 5. The first-order chi connectivity index (χ1) is 9.62. The van der Waals surface area contributed by atoms with Gasteiger partial charge in [0.2, 0.25) is 0 Å². The summed E-state index contributed by atoms with van der Waals surface area (Å²) >= 11 is 0. The Morgan fingerprint density at radius 1 is 0.864 bits per heavy atom. The Morgan fingerprint density at radius 3 is 1.73 bits per heavy atom. The molecule has 0 rings (SSSR count). The van der Waals surface area contributed by atoms with Crippen molar-refractivity contribution in [3.8, 4) is 0 Å². The SMILES string of the molecule is CCCCC=CS(=O)(=O)[O-].CCCCCC=CS(=O)(=O)O.[Na+]. The average Bonchev–Trinajstić information content (AvgIpc) is 2.33. The van der Waals surface area contributed by atoms with Crippen LogP contribution in [0.5, 0.6) is 0 Å². The molecule has 0 aromatic carbocycles. The maximum atomic E-state index is 10.1. The molecule has 22 heavy (non-hydrogen) atoms. The Hall–Kier alpha value is 0.300. The van der Waals surface area contributed by atoms with E-state index in [1.807, 2.05) is 6.92 Å². The molecule has 0 saturated carbocycles. The molecule has 0 fully saturated rings. The minimum Gasteiger partial charge on any atom is -0.744 e. The molecule has 0 spiro atoms. The number of allylic oxidation sites excluding steroid dienone is 2. The Bertz CT molecular complexity index is 495. The van der Waals surface area contributed by atoms with Gasteiger partial charge in [-0.2, -0.15) is 8.42 Å². The summed E-state index contributed by atoms with van der Waals surface area (Å²) in [6, 6.07) is 0. The fourth-order valence-corrected chi connectivity index (χ4v) is 1.96. The van der Waals surface area contributed by atoms with Gasteiger partial charge in [-0.15, -0.1) is 0 Å². The van der Waals surface area contributed by atoms with Crippen molar-refractivity contribution in [2.75, 3.05) is 0 Å². The molecular formula is C13H25NaO6S2. The fourth-order valence-electron chi connectivity index (χ4n) is 1.21. The third-order valence-electron chi connectivity index (χ3n) is 2.23. The van der Waals surface area contributed by atoms with Crippen LogP contribution in [0.25, 0.3) is 0 Å². The van der Waals surface area contributed by atoms with E-state index in [0.29, 0.717) is 18.2 Å². The van der Waals surface area contributed by atoms with Gasteiger partial charge in [-0.3, -0.25) is 4.55 Å². The number of rotatable bonds is 9. The van der Waals surface area contributed by atoms with Gasteiger partial charge in [-0.25, -0.2) is 8.42 Å². The van der Waals surface area contributed by atoms with Crippen molar-refractivity contribution in [3.05, 3.63) is 23.0 Å². The van der Waals surface area contributed by atoms with E-state index < -0.39 is 20.2 Å². The molecule has 0 amide bonds. The van der Waals surface area contributed by atoms with E-state index in [2.05, 4.69) is 6.92 Å². The molecule has 0 unspecified atom stereocenters. The zero-order valence-electron chi connectivity index (χ0n) is 13.6. The van der Waals surface area contributed by atoms with Gasteiger partial charge in [0.05, 0.1) is 5.41 Å². The molecule has 0 aliphatic heterocycles. The van der Waals surface area contributed by atoms with Crippen molar-refractivity contribution in [3.63, 3.8) is 0 Å². The molecule has 0 bridgehead atoms. The van der Waals surface area contributed by atoms with Gasteiger partial charge >= 0.3 is 29.6 Å². The predicted molar refractivity (Wildman–Crippen MR) is 83.2 cm³/mol. The third-order valence-corrected chi connectivity index (χ3v) is 3.29. The quantitative estimate of drug-likeness (QED) is 0.356. The van der Waals surface area contributed by atoms with E-state index >= 15 is 0 Å². The molecule has 0 aromatic rings. The molecule has 0 aliphatic carbocycles. The van der Waals surface area contributed by atoms with E-state index in [1.54, 1.807) is 0 Å². The summed E-state index contributed by atoms with van der Waals surface area (Å²) in [5.74, 6) is 0. The molecule has 0 atom stereocenters. The maximum absolute atomic E-state index is 10.1. The first-order valence-electron chi connectivity index (χ1n) is 6.88.